The van der Waals surface area contributed by atoms with Crippen LogP contribution in [0.1, 0.15) is 0 Å². The van der Waals surface area contributed by atoms with Crippen molar-refractivity contribution in [1.82, 2.24) is 9.80 Å². The first kappa shape index (κ1) is 15.6. The number of piperazine rings is 1. The number of benzene rings is 1. The molecule has 110 valence electrons. The van der Waals surface area contributed by atoms with E-state index in [0.717, 1.165) is 38.1 Å². The molecule has 1 saturated heterocycles. The van der Waals surface area contributed by atoms with Gasteiger partial charge < -0.3 is 9.64 Å². The minimum absolute atomic E-state index is 0.0402. The lowest BCUT2D eigenvalue weighted by molar-refractivity contribution is -0.135. The first-order valence-electron chi connectivity index (χ1n) is 6.63. The van der Waals surface area contributed by atoms with Crippen molar-refractivity contribution in [3.8, 4) is 5.75 Å². The lowest BCUT2D eigenvalue weighted by Crippen LogP contribution is -2.50. The number of halogens is 2. The van der Waals surface area contributed by atoms with Gasteiger partial charge in [-0.2, -0.15) is 0 Å². The van der Waals surface area contributed by atoms with Crippen molar-refractivity contribution in [3.05, 3.63) is 29.3 Å². The molecule has 1 aliphatic heterocycles. The highest BCUT2D eigenvalue weighted by atomic mass is 79.9. The quantitative estimate of drug-likeness (QED) is 0.754. The van der Waals surface area contributed by atoms with Gasteiger partial charge in [0.2, 0.25) is 0 Å². The van der Waals surface area contributed by atoms with Crippen molar-refractivity contribution in [2.75, 3.05) is 44.7 Å². The van der Waals surface area contributed by atoms with Crippen LogP contribution in [0.15, 0.2) is 24.3 Å². The van der Waals surface area contributed by atoms with Crippen LogP contribution in [0.25, 0.3) is 0 Å². The van der Waals surface area contributed by atoms with Crippen LogP contribution in [0.2, 0.25) is 5.02 Å². The SMILES string of the molecule is O=C(COc1ccc(Cl)cc1)N1CCN(CCBr)CC1. The van der Waals surface area contributed by atoms with E-state index in [1.54, 1.807) is 24.3 Å². The van der Waals surface area contributed by atoms with Crippen molar-refractivity contribution >= 4 is 33.4 Å². The van der Waals surface area contributed by atoms with Crippen LogP contribution in [0.5, 0.6) is 5.75 Å². The summed E-state index contributed by atoms with van der Waals surface area (Å²) in [6.45, 7) is 4.52. The van der Waals surface area contributed by atoms with Crippen LogP contribution in [-0.4, -0.2) is 60.4 Å². The Hall–Kier alpha value is -0.780. The van der Waals surface area contributed by atoms with Gasteiger partial charge in [-0.05, 0) is 24.3 Å². The standard InChI is InChI=1S/C14H18BrClN2O2/c15-5-6-17-7-9-18(10-8-17)14(19)11-20-13-3-1-12(16)2-4-13/h1-4H,5-11H2. The number of hydrogen-bond donors (Lipinski definition) is 0. The fourth-order valence-electron chi connectivity index (χ4n) is 2.11. The summed E-state index contributed by atoms with van der Waals surface area (Å²) in [5.41, 5.74) is 0. The predicted octanol–water partition coefficient (Wildman–Crippen LogP) is 2.26. The molecule has 1 heterocycles. The molecular formula is C14H18BrClN2O2. The maximum Gasteiger partial charge on any atom is 0.260 e. The second kappa shape index (κ2) is 7.86. The average Bonchev–Trinajstić information content (AvgIpc) is 2.47. The molecule has 0 unspecified atom stereocenters. The molecule has 1 amide bonds. The van der Waals surface area contributed by atoms with Gasteiger partial charge in [-0.3, -0.25) is 9.69 Å². The number of hydrogen-bond acceptors (Lipinski definition) is 3. The van der Waals surface area contributed by atoms with Crippen molar-refractivity contribution in [2.24, 2.45) is 0 Å². The van der Waals surface area contributed by atoms with Crippen LogP contribution in [0.3, 0.4) is 0 Å². The highest BCUT2D eigenvalue weighted by Crippen LogP contribution is 2.15. The number of amides is 1. The maximum atomic E-state index is 12.0. The molecule has 20 heavy (non-hydrogen) atoms. The zero-order valence-corrected chi connectivity index (χ0v) is 13.6. The summed E-state index contributed by atoms with van der Waals surface area (Å²) < 4.78 is 5.48. The maximum absolute atomic E-state index is 12.0. The van der Waals surface area contributed by atoms with Crippen molar-refractivity contribution in [1.29, 1.82) is 0 Å². The van der Waals surface area contributed by atoms with Gasteiger partial charge in [0, 0.05) is 43.1 Å². The second-order valence-corrected chi connectivity index (χ2v) is 5.88. The Morgan fingerprint density at radius 2 is 1.85 bits per heavy atom. The fourth-order valence-corrected chi connectivity index (χ4v) is 2.74. The molecular weight excluding hydrogens is 344 g/mol. The molecule has 0 saturated carbocycles. The summed E-state index contributed by atoms with van der Waals surface area (Å²) in [6, 6.07) is 7.04. The topological polar surface area (TPSA) is 32.8 Å². The fraction of sp³-hybridized carbons (Fsp3) is 0.500. The molecule has 0 bridgehead atoms. The summed E-state index contributed by atoms with van der Waals surface area (Å²) in [5, 5.41) is 1.63. The van der Waals surface area contributed by atoms with Gasteiger partial charge in [0.25, 0.3) is 5.91 Å². The smallest absolute Gasteiger partial charge is 0.260 e. The van der Waals surface area contributed by atoms with Crippen LogP contribution in [-0.2, 0) is 4.79 Å². The van der Waals surface area contributed by atoms with Crippen LogP contribution in [0.4, 0.5) is 0 Å². The molecule has 2 rings (SSSR count). The highest BCUT2D eigenvalue weighted by molar-refractivity contribution is 9.09. The summed E-state index contributed by atoms with van der Waals surface area (Å²) in [7, 11) is 0. The van der Waals surface area contributed by atoms with Crippen LogP contribution in [0, 0.1) is 0 Å². The normalized spacial score (nSPS) is 16.2. The number of nitrogens with zero attached hydrogens (tertiary/aromatic N) is 2. The number of alkyl halides is 1. The number of carbonyl (C=O) groups is 1. The summed E-state index contributed by atoms with van der Waals surface area (Å²) >= 11 is 9.23. The average molecular weight is 362 g/mol. The van der Waals surface area contributed by atoms with E-state index in [9.17, 15) is 4.79 Å². The van der Waals surface area contributed by atoms with E-state index in [1.807, 2.05) is 4.90 Å². The zero-order valence-electron chi connectivity index (χ0n) is 11.2. The molecule has 1 aromatic carbocycles. The monoisotopic (exact) mass is 360 g/mol. The summed E-state index contributed by atoms with van der Waals surface area (Å²) in [6.07, 6.45) is 0. The molecule has 0 atom stereocenters. The molecule has 0 spiro atoms. The second-order valence-electron chi connectivity index (χ2n) is 4.65. The Morgan fingerprint density at radius 3 is 2.45 bits per heavy atom. The lowest BCUT2D eigenvalue weighted by atomic mass is 10.3. The number of ether oxygens (including phenoxy) is 1. The first-order valence-corrected chi connectivity index (χ1v) is 8.13. The van der Waals surface area contributed by atoms with E-state index in [1.165, 1.54) is 0 Å². The third-order valence-electron chi connectivity index (χ3n) is 3.30. The van der Waals surface area contributed by atoms with Gasteiger partial charge in [0.1, 0.15) is 5.75 Å². The van der Waals surface area contributed by atoms with Gasteiger partial charge in [-0.1, -0.05) is 27.5 Å². The molecule has 0 radical (unpaired) electrons. The molecule has 1 aliphatic rings. The number of carbonyl (C=O) groups excluding carboxylic acids is 1. The van der Waals surface area contributed by atoms with Crippen molar-refractivity contribution < 1.29 is 9.53 Å². The Kier molecular flexibility index (Phi) is 6.13. The minimum atomic E-state index is 0.0402. The molecule has 0 aromatic heterocycles. The third kappa shape index (κ3) is 4.65. The van der Waals surface area contributed by atoms with Crippen molar-refractivity contribution in [3.63, 3.8) is 0 Å². The van der Waals surface area contributed by atoms with Gasteiger partial charge >= 0.3 is 0 Å². The largest absolute Gasteiger partial charge is 0.484 e. The van der Waals surface area contributed by atoms with E-state index < -0.39 is 0 Å². The van der Waals surface area contributed by atoms with Gasteiger partial charge in [0.05, 0.1) is 0 Å². The molecule has 4 nitrogen and oxygen atoms in total. The Balaban J connectivity index is 1.74. The summed E-state index contributed by atoms with van der Waals surface area (Å²) in [4.78, 5) is 16.3. The molecule has 0 aliphatic carbocycles. The summed E-state index contributed by atoms with van der Waals surface area (Å²) in [5.74, 6) is 0.708. The zero-order chi connectivity index (χ0) is 14.4. The number of rotatable bonds is 5. The van der Waals surface area contributed by atoms with E-state index in [4.69, 9.17) is 16.3 Å². The minimum Gasteiger partial charge on any atom is -0.484 e. The molecule has 6 heteroatoms. The van der Waals surface area contributed by atoms with Gasteiger partial charge in [-0.25, -0.2) is 0 Å². The van der Waals surface area contributed by atoms with E-state index in [0.29, 0.717) is 10.8 Å². The van der Waals surface area contributed by atoms with E-state index >= 15 is 0 Å². The third-order valence-corrected chi connectivity index (χ3v) is 3.91. The van der Waals surface area contributed by atoms with Gasteiger partial charge in [-0.15, -0.1) is 0 Å². The molecule has 0 N–H and O–H groups in total. The van der Waals surface area contributed by atoms with E-state index in [2.05, 4.69) is 20.8 Å². The van der Waals surface area contributed by atoms with E-state index in [-0.39, 0.29) is 12.5 Å². The van der Waals surface area contributed by atoms with Crippen LogP contribution >= 0.6 is 27.5 Å². The lowest BCUT2D eigenvalue weighted by Gasteiger charge is -2.34. The van der Waals surface area contributed by atoms with Gasteiger partial charge in [0.15, 0.2) is 6.61 Å². The van der Waals surface area contributed by atoms with Crippen LogP contribution < -0.4 is 4.74 Å². The molecule has 1 fully saturated rings. The van der Waals surface area contributed by atoms with Crippen molar-refractivity contribution in [2.45, 2.75) is 0 Å². The first-order chi connectivity index (χ1) is 9.69. The predicted molar refractivity (Wildman–Crippen MR) is 83.8 cm³/mol. The Labute approximate surface area is 132 Å². The molecule has 1 aromatic rings. The highest BCUT2D eigenvalue weighted by Gasteiger charge is 2.20. The Morgan fingerprint density at radius 1 is 1.20 bits per heavy atom. The Bertz CT molecular complexity index is 433.